The summed E-state index contributed by atoms with van der Waals surface area (Å²) in [7, 11) is 1.78. The summed E-state index contributed by atoms with van der Waals surface area (Å²) >= 11 is 0. The van der Waals surface area contributed by atoms with Crippen molar-refractivity contribution in [2.45, 2.75) is 6.10 Å². The molecular formula is C13H13FN4O. The quantitative estimate of drug-likeness (QED) is 0.904. The highest BCUT2D eigenvalue weighted by Crippen LogP contribution is 2.24. The van der Waals surface area contributed by atoms with Crippen molar-refractivity contribution in [1.29, 1.82) is 5.26 Å². The zero-order valence-electron chi connectivity index (χ0n) is 10.4. The minimum absolute atomic E-state index is 0.0679. The lowest BCUT2D eigenvalue weighted by Gasteiger charge is -2.16. The molecule has 19 heavy (non-hydrogen) atoms. The van der Waals surface area contributed by atoms with Crippen LogP contribution in [0.15, 0.2) is 30.6 Å². The van der Waals surface area contributed by atoms with Gasteiger partial charge in [0.2, 0.25) is 0 Å². The van der Waals surface area contributed by atoms with E-state index in [1.54, 1.807) is 24.1 Å². The maximum absolute atomic E-state index is 13.7. The molecule has 0 aliphatic carbocycles. The predicted octanol–water partition coefficient (Wildman–Crippen LogP) is 1.51. The van der Waals surface area contributed by atoms with E-state index in [-0.39, 0.29) is 17.9 Å². The van der Waals surface area contributed by atoms with E-state index in [1.807, 2.05) is 6.07 Å². The molecule has 0 fully saturated rings. The van der Waals surface area contributed by atoms with Crippen molar-refractivity contribution in [1.82, 2.24) is 9.78 Å². The van der Waals surface area contributed by atoms with E-state index in [4.69, 9.17) is 15.7 Å². The number of rotatable bonds is 4. The van der Waals surface area contributed by atoms with Crippen LogP contribution < -0.4 is 10.5 Å². The lowest BCUT2D eigenvalue weighted by Crippen LogP contribution is -2.18. The molecule has 0 amide bonds. The van der Waals surface area contributed by atoms with Crippen LogP contribution in [0.1, 0.15) is 17.2 Å². The Morgan fingerprint density at radius 1 is 1.58 bits per heavy atom. The molecule has 98 valence electrons. The van der Waals surface area contributed by atoms with E-state index in [0.717, 1.165) is 11.6 Å². The zero-order valence-corrected chi connectivity index (χ0v) is 10.4. The number of hydrogen-bond acceptors (Lipinski definition) is 4. The van der Waals surface area contributed by atoms with Crippen LogP contribution in [-0.2, 0) is 7.05 Å². The van der Waals surface area contributed by atoms with E-state index in [1.165, 1.54) is 12.1 Å². The minimum atomic E-state index is -0.582. The van der Waals surface area contributed by atoms with Gasteiger partial charge in [-0.3, -0.25) is 4.68 Å². The second-order valence-corrected chi connectivity index (χ2v) is 4.05. The molecule has 5 nitrogen and oxygen atoms in total. The monoisotopic (exact) mass is 260 g/mol. The average molecular weight is 260 g/mol. The van der Waals surface area contributed by atoms with Crippen LogP contribution in [0.25, 0.3) is 0 Å². The van der Waals surface area contributed by atoms with E-state index in [2.05, 4.69) is 5.10 Å². The molecule has 0 spiro atoms. The lowest BCUT2D eigenvalue weighted by molar-refractivity contribution is 0.204. The normalized spacial score (nSPS) is 11.9. The second kappa shape index (κ2) is 5.50. The minimum Gasteiger partial charge on any atom is -0.481 e. The van der Waals surface area contributed by atoms with Crippen molar-refractivity contribution in [3.63, 3.8) is 0 Å². The topological polar surface area (TPSA) is 76.9 Å². The Labute approximate surface area is 110 Å². The maximum atomic E-state index is 13.7. The van der Waals surface area contributed by atoms with Gasteiger partial charge in [0.1, 0.15) is 6.10 Å². The van der Waals surface area contributed by atoms with Gasteiger partial charge in [-0.1, -0.05) is 0 Å². The number of hydrogen-bond donors (Lipinski definition) is 1. The Hall–Kier alpha value is -2.39. The van der Waals surface area contributed by atoms with Gasteiger partial charge < -0.3 is 10.5 Å². The predicted molar refractivity (Wildman–Crippen MR) is 66.7 cm³/mol. The van der Waals surface area contributed by atoms with Crippen LogP contribution in [0.3, 0.4) is 0 Å². The summed E-state index contributed by atoms with van der Waals surface area (Å²) in [6, 6.07) is 5.91. The van der Waals surface area contributed by atoms with E-state index in [9.17, 15) is 4.39 Å². The molecule has 0 aliphatic rings. The summed E-state index contributed by atoms with van der Waals surface area (Å²) in [6.07, 6.45) is 2.91. The maximum Gasteiger partial charge on any atom is 0.166 e. The SMILES string of the molecule is Cn1cc(C(CN)Oc2ccc(C#N)cc2F)cn1. The van der Waals surface area contributed by atoms with Gasteiger partial charge >= 0.3 is 0 Å². The molecule has 1 aromatic heterocycles. The molecule has 1 atom stereocenters. The Kier molecular flexibility index (Phi) is 3.78. The first-order valence-corrected chi connectivity index (χ1v) is 5.69. The van der Waals surface area contributed by atoms with Gasteiger partial charge in [-0.25, -0.2) is 4.39 Å². The number of nitrogens with two attached hydrogens (primary N) is 1. The van der Waals surface area contributed by atoms with Crippen molar-refractivity contribution in [3.8, 4) is 11.8 Å². The number of halogens is 1. The number of nitriles is 1. The summed E-state index contributed by atoms with van der Waals surface area (Å²) < 4.78 is 20.9. The van der Waals surface area contributed by atoms with E-state index >= 15 is 0 Å². The first-order chi connectivity index (χ1) is 9.13. The van der Waals surface area contributed by atoms with Crippen LogP contribution in [0.5, 0.6) is 5.75 Å². The van der Waals surface area contributed by atoms with E-state index < -0.39 is 11.9 Å². The first-order valence-electron chi connectivity index (χ1n) is 5.69. The van der Waals surface area contributed by atoms with Crippen molar-refractivity contribution in [2.24, 2.45) is 12.8 Å². The second-order valence-electron chi connectivity index (χ2n) is 4.05. The molecule has 0 saturated heterocycles. The average Bonchev–Trinajstić information content (AvgIpc) is 2.83. The third-order valence-corrected chi connectivity index (χ3v) is 2.64. The fraction of sp³-hybridized carbons (Fsp3) is 0.231. The van der Waals surface area contributed by atoms with Crippen LogP contribution >= 0.6 is 0 Å². The highest BCUT2D eigenvalue weighted by Gasteiger charge is 2.15. The van der Waals surface area contributed by atoms with Crippen molar-refractivity contribution >= 4 is 0 Å². The summed E-state index contributed by atoms with van der Waals surface area (Å²) in [5.74, 6) is -0.514. The highest BCUT2D eigenvalue weighted by molar-refractivity contribution is 5.36. The molecular weight excluding hydrogens is 247 g/mol. The van der Waals surface area contributed by atoms with Crippen LogP contribution in [0, 0.1) is 17.1 Å². The van der Waals surface area contributed by atoms with Crippen molar-refractivity contribution in [3.05, 3.63) is 47.5 Å². The lowest BCUT2D eigenvalue weighted by atomic mass is 10.2. The third-order valence-electron chi connectivity index (χ3n) is 2.64. The number of aromatic nitrogens is 2. The van der Waals surface area contributed by atoms with Gasteiger partial charge in [0.05, 0.1) is 17.8 Å². The number of benzene rings is 1. The highest BCUT2D eigenvalue weighted by atomic mass is 19.1. The molecule has 0 aliphatic heterocycles. The fourth-order valence-corrected chi connectivity index (χ4v) is 1.68. The summed E-state index contributed by atoms with van der Waals surface area (Å²) in [4.78, 5) is 0. The molecule has 6 heteroatoms. The molecule has 2 N–H and O–H groups in total. The van der Waals surface area contributed by atoms with Gasteiger partial charge in [-0.15, -0.1) is 0 Å². The smallest absolute Gasteiger partial charge is 0.166 e. The number of ether oxygens (including phenoxy) is 1. The van der Waals surface area contributed by atoms with Crippen molar-refractivity contribution in [2.75, 3.05) is 6.54 Å². The molecule has 0 radical (unpaired) electrons. The van der Waals surface area contributed by atoms with Crippen molar-refractivity contribution < 1.29 is 9.13 Å². The summed E-state index contributed by atoms with van der Waals surface area (Å²) in [6.45, 7) is 0.200. The Balaban J connectivity index is 2.21. The molecule has 2 rings (SSSR count). The van der Waals surface area contributed by atoms with Crippen LogP contribution in [0.4, 0.5) is 4.39 Å². The molecule has 1 unspecified atom stereocenters. The molecule has 0 bridgehead atoms. The summed E-state index contributed by atoms with van der Waals surface area (Å²) in [5.41, 5.74) is 6.65. The molecule has 1 heterocycles. The zero-order chi connectivity index (χ0) is 13.8. The Bertz CT molecular complexity index is 617. The molecule has 2 aromatic rings. The number of nitrogens with zero attached hydrogens (tertiary/aromatic N) is 3. The van der Waals surface area contributed by atoms with Gasteiger partial charge in [0, 0.05) is 25.4 Å². The number of aryl methyl sites for hydroxylation is 1. The molecule has 0 saturated carbocycles. The van der Waals surface area contributed by atoms with Gasteiger partial charge in [-0.05, 0) is 18.2 Å². The van der Waals surface area contributed by atoms with Crippen LogP contribution in [0.2, 0.25) is 0 Å². The van der Waals surface area contributed by atoms with Gasteiger partial charge in [-0.2, -0.15) is 10.4 Å². The molecule has 1 aromatic carbocycles. The largest absolute Gasteiger partial charge is 0.481 e. The van der Waals surface area contributed by atoms with Gasteiger partial charge in [0.15, 0.2) is 11.6 Å². The fourth-order valence-electron chi connectivity index (χ4n) is 1.68. The third kappa shape index (κ3) is 2.89. The first kappa shape index (κ1) is 13.1. The summed E-state index contributed by atoms with van der Waals surface area (Å²) in [5, 5.41) is 12.7. The van der Waals surface area contributed by atoms with Gasteiger partial charge in [0.25, 0.3) is 0 Å². The standard InChI is InChI=1S/C13H13FN4O/c1-18-8-10(7-17-18)13(6-16)19-12-3-2-9(5-15)4-11(12)14/h2-4,7-8,13H,6,16H2,1H3. The van der Waals surface area contributed by atoms with Crippen LogP contribution in [-0.4, -0.2) is 16.3 Å². The Morgan fingerprint density at radius 3 is 2.89 bits per heavy atom. The Morgan fingerprint density at radius 2 is 2.37 bits per heavy atom. The van der Waals surface area contributed by atoms with E-state index in [0.29, 0.717) is 0 Å².